The Kier molecular flexibility index (Phi) is 4.47. The maximum Gasteiger partial charge on any atom is 0.243 e. The molecule has 2 atom stereocenters. The van der Waals surface area contributed by atoms with Crippen LogP contribution in [0.1, 0.15) is 43.5 Å². The molecule has 100 valence electrons. The molecule has 0 radical (unpaired) electrons. The van der Waals surface area contributed by atoms with Crippen LogP contribution in [0, 0.1) is 13.8 Å². The van der Waals surface area contributed by atoms with E-state index < -0.39 is 0 Å². The average Bonchev–Trinajstić information content (AvgIpc) is 2.59. The third-order valence-corrected chi connectivity index (χ3v) is 3.66. The fourth-order valence-corrected chi connectivity index (χ4v) is 2.40. The van der Waals surface area contributed by atoms with Crippen molar-refractivity contribution >= 4 is 5.95 Å². The Morgan fingerprint density at radius 3 is 2.56 bits per heavy atom. The van der Waals surface area contributed by atoms with E-state index in [1.807, 2.05) is 13.8 Å². The highest BCUT2D eigenvalue weighted by molar-refractivity contribution is 5.27. The van der Waals surface area contributed by atoms with Crippen molar-refractivity contribution in [2.75, 3.05) is 12.4 Å². The monoisotopic (exact) mass is 250 g/mol. The predicted molar refractivity (Wildman–Crippen MR) is 70.6 cm³/mol. The summed E-state index contributed by atoms with van der Waals surface area (Å²) in [5, 5.41) is 11.6. The van der Waals surface area contributed by atoms with E-state index in [4.69, 9.17) is 4.74 Å². The molecule has 1 aliphatic rings. The van der Waals surface area contributed by atoms with Gasteiger partial charge < -0.3 is 10.1 Å². The zero-order chi connectivity index (χ0) is 13.0. The highest BCUT2D eigenvalue weighted by Crippen LogP contribution is 2.22. The van der Waals surface area contributed by atoms with Gasteiger partial charge in [-0.05, 0) is 26.7 Å². The standard InChI is InChI=1S/C13H22N4O/c1-9-10(2)16-17-13(14-9)15-11-7-5-4-6-8-12(11)18-3/h11-12H,4-8H2,1-3H3,(H,14,15,17)/t11-,12-/m1/s1. The number of nitrogens with zero attached hydrogens (tertiary/aromatic N) is 3. The summed E-state index contributed by atoms with van der Waals surface area (Å²) in [5.74, 6) is 0.618. The zero-order valence-corrected chi connectivity index (χ0v) is 11.4. The normalized spacial score (nSPS) is 24.6. The van der Waals surface area contributed by atoms with Gasteiger partial charge in [-0.3, -0.25) is 0 Å². The third-order valence-electron chi connectivity index (χ3n) is 3.66. The molecule has 2 rings (SSSR count). The molecule has 0 aliphatic heterocycles. The van der Waals surface area contributed by atoms with Crippen LogP contribution in [0.2, 0.25) is 0 Å². The van der Waals surface area contributed by atoms with E-state index >= 15 is 0 Å². The van der Waals surface area contributed by atoms with Gasteiger partial charge >= 0.3 is 0 Å². The Balaban J connectivity index is 2.07. The quantitative estimate of drug-likeness (QED) is 0.834. The Morgan fingerprint density at radius 2 is 1.83 bits per heavy atom. The highest BCUT2D eigenvalue weighted by Gasteiger charge is 2.24. The lowest BCUT2D eigenvalue weighted by molar-refractivity contribution is 0.0804. The molecule has 1 fully saturated rings. The molecule has 18 heavy (non-hydrogen) atoms. The summed E-state index contributed by atoms with van der Waals surface area (Å²) in [6, 6.07) is 0.293. The number of hydrogen-bond donors (Lipinski definition) is 1. The van der Waals surface area contributed by atoms with Crippen LogP contribution in [0.4, 0.5) is 5.95 Å². The minimum absolute atomic E-state index is 0.248. The number of methoxy groups -OCH3 is 1. The largest absolute Gasteiger partial charge is 0.379 e. The minimum atomic E-state index is 0.248. The van der Waals surface area contributed by atoms with E-state index in [2.05, 4.69) is 20.5 Å². The van der Waals surface area contributed by atoms with Crippen LogP contribution in [0.15, 0.2) is 0 Å². The summed E-state index contributed by atoms with van der Waals surface area (Å²) >= 11 is 0. The van der Waals surface area contributed by atoms with Crippen LogP contribution in [0.5, 0.6) is 0 Å². The van der Waals surface area contributed by atoms with E-state index in [1.165, 1.54) is 19.3 Å². The maximum atomic E-state index is 5.57. The van der Waals surface area contributed by atoms with E-state index in [1.54, 1.807) is 7.11 Å². The SMILES string of the molecule is CO[C@@H]1CCCCC[C@H]1Nc1nnc(C)c(C)n1. The van der Waals surface area contributed by atoms with Crippen molar-refractivity contribution in [2.24, 2.45) is 0 Å². The predicted octanol–water partition coefficient (Wildman–Crippen LogP) is 2.25. The summed E-state index contributed by atoms with van der Waals surface area (Å²) < 4.78 is 5.57. The second-order valence-corrected chi connectivity index (χ2v) is 4.97. The molecule has 0 spiro atoms. The van der Waals surface area contributed by atoms with Crippen molar-refractivity contribution in [1.29, 1.82) is 0 Å². The van der Waals surface area contributed by atoms with Crippen molar-refractivity contribution in [1.82, 2.24) is 15.2 Å². The summed E-state index contributed by atoms with van der Waals surface area (Å²) in [6.07, 6.45) is 6.21. The Hall–Kier alpha value is -1.23. The van der Waals surface area contributed by atoms with E-state index in [9.17, 15) is 0 Å². The lowest BCUT2D eigenvalue weighted by Gasteiger charge is -2.24. The third kappa shape index (κ3) is 3.16. The number of aromatic nitrogens is 3. The maximum absolute atomic E-state index is 5.57. The van der Waals surface area contributed by atoms with E-state index in [0.717, 1.165) is 24.2 Å². The number of ether oxygens (including phenoxy) is 1. The molecule has 1 saturated carbocycles. The topological polar surface area (TPSA) is 59.9 Å². The second-order valence-electron chi connectivity index (χ2n) is 4.97. The zero-order valence-electron chi connectivity index (χ0n) is 11.4. The van der Waals surface area contributed by atoms with Gasteiger partial charge in [0.25, 0.3) is 0 Å². The van der Waals surface area contributed by atoms with Crippen molar-refractivity contribution in [3.05, 3.63) is 11.4 Å². The molecule has 0 bridgehead atoms. The van der Waals surface area contributed by atoms with Crippen LogP contribution >= 0.6 is 0 Å². The summed E-state index contributed by atoms with van der Waals surface area (Å²) in [4.78, 5) is 4.43. The molecule has 1 aromatic heterocycles. The molecule has 1 N–H and O–H groups in total. The van der Waals surface area contributed by atoms with Crippen molar-refractivity contribution in [3.8, 4) is 0 Å². The molecule has 5 heteroatoms. The van der Waals surface area contributed by atoms with Crippen LogP contribution in [-0.2, 0) is 4.74 Å². The van der Waals surface area contributed by atoms with Gasteiger partial charge in [0.1, 0.15) is 0 Å². The summed E-state index contributed by atoms with van der Waals surface area (Å²) in [5.41, 5.74) is 1.81. The number of nitrogens with one attached hydrogen (secondary N) is 1. The summed E-state index contributed by atoms with van der Waals surface area (Å²) in [7, 11) is 1.78. The van der Waals surface area contributed by atoms with E-state index in [-0.39, 0.29) is 6.10 Å². The highest BCUT2D eigenvalue weighted by atomic mass is 16.5. The fourth-order valence-electron chi connectivity index (χ4n) is 2.40. The Bertz CT molecular complexity index is 397. The summed E-state index contributed by atoms with van der Waals surface area (Å²) in [6.45, 7) is 3.87. The second kappa shape index (κ2) is 6.09. The van der Waals surface area contributed by atoms with Gasteiger partial charge in [-0.1, -0.05) is 19.3 Å². The number of aryl methyl sites for hydroxylation is 2. The molecule has 1 heterocycles. The van der Waals surface area contributed by atoms with Crippen LogP contribution in [0.3, 0.4) is 0 Å². The van der Waals surface area contributed by atoms with Gasteiger partial charge in [-0.25, -0.2) is 4.98 Å². The van der Waals surface area contributed by atoms with Crippen LogP contribution in [-0.4, -0.2) is 34.4 Å². The van der Waals surface area contributed by atoms with Crippen LogP contribution < -0.4 is 5.32 Å². The molecule has 0 amide bonds. The number of rotatable bonds is 3. The first-order chi connectivity index (χ1) is 8.70. The van der Waals surface area contributed by atoms with Crippen molar-refractivity contribution in [2.45, 2.75) is 58.1 Å². The van der Waals surface area contributed by atoms with Crippen LogP contribution in [0.25, 0.3) is 0 Å². The van der Waals surface area contributed by atoms with Gasteiger partial charge in [0.2, 0.25) is 5.95 Å². The molecule has 0 aromatic carbocycles. The van der Waals surface area contributed by atoms with Gasteiger partial charge in [0, 0.05) is 7.11 Å². The molecule has 0 unspecified atom stereocenters. The Labute approximate surface area is 108 Å². The molecule has 1 aromatic rings. The minimum Gasteiger partial charge on any atom is -0.379 e. The molecule has 5 nitrogen and oxygen atoms in total. The first-order valence-corrected chi connectivity index (χ1v) is 6.68. The van der Waals surface area contributed by atoms with E-state index in [0.29, 0.717) is 12.0 Å². The van der Waals surface area contributed by atoms with Gasteiger partial charge in [-0.15, -0.1) is 5.10 Å². The molecule has 0 saturated heterocycles. The smallest absolute Gasteiger partial charge is 0.243 e. The van der Waals surface area contributed by atoms with Crippen molar-refractivity contribution in [3.63, 3.8) is 0 Å². The van der Waals surface area contributed by atoms with Crippen molar-refractivity contribution < 1.29 is 4.74 Å². The van der Waals surface area contributed by atoms with Gasteiger partial charge in [0.05, 0.1) is 23.5 Å². The first-order valence-electron chi connectivity index (χ1n) is 6.68. The average molecular weight is 250 g/mol. The fraction of sp³-hybridized carbons (Fsp3) is 0.769. The number of hydrogen-bond acceptors (Lipinski definition) is 5. The Morgan fingerprint density at radius 1 is 1.06 bits per heavy atom. The molecular formula is C13H22N4O. The lowest BCUT2D eigenvalue weighted by Crippen LogP contribution is -2.34. The molecule has 1 aliphatic carbocycles. The lowest BCUT2D eigenvalue weighted by atomic mass is 10.1. The molecular weight excluding hydrogens is 228 g/mol. The van der Waals surface area contributed by atoms with Gasteiger partial charge in [-0.2, -0.15) is 5.10 Å². The number of anilines is 1. The van der Waals surface area contributed by atoms with Gasteiger partial charge in [0.15, 0.2) is 0 Å². The first kappa shape index (κ1) is 13.2.